The lowest BCUT2D eigenvalue weighted by molar-refractivity contribution is -0.142. The molecule has 0 aromatic heterocycles. The van der Waals surface area contributed by atoms with Gasteiger partial charge in [0.2, 0.25) is 0 Å². The van der Waals surface area contributed by atoms with Crippen molar-refractivity contribution in [2.24, 2.45) is 0 Å². The van der Waals surface area contributed by atoms with E-state index in [2.05, 4.69) is 6.92 Å². The molecule has 8 nitrogen and oxygen atoms in total. The van der Waals surface area contributed by atoms with Gasteiger partial charge in [-0.3, -0.25) is 4.79 Å². The lowest BCUT2D eigenvalue weighted by Crippen LogP contribution is -2.15. The van der Waals surface area contributed by atoms with Crippen molar-refractivity contribution in [3.05, 3.63) is 83.9 Å². The fourth-order valence-electron chi connectivity index (χ4n) is 4.09. The van der Waals surface area contributed by atoms with Gasteiger partial charge in [-0.1, -0.05) is 50.5 Å². The predicted octanol–water partition coefficient (Wildman–Crippen LogP) is 7.31. The van der Waals surface area contributed by atoms with Crippen molar-refractivity contribution in [2.75, 3.05) is 13.2 Å². The van der Waals surface area contributed by atoms with Gasteiger partial charge in [0.25, 0.3) is 0 Å². The van der Waals surface area contributed by atoms with Crippen molar-refractivity contribution in [1.82, 2.24) is 0 Å². The number of nitrogens with zero attached hydrogens (tertiary/aromatic N) is 1. The van der Waals surface area contributed by atoms with E-state index in [4.69, 9.17) is 24.2 Å². The van der Waals surface area contributed by atoms with Crippen LogP contribution in [0.5, 0.6) is 11.5 Å². The van der Waals surface area contributed by atoms with E-state index >= 15 is 0 Å². The van der Waals surface area contributed by atoms with Crippen molar-refractivity contribution >= 4 is 17.9 Å². The van der Waals surface area contributed by atoms with E-state index in [-0.39, 0.29) is 25.1 Å². The molecule has 0 heterocycles. The van der Waals surface area contributed by atoms with Crippen molar-refractivity contribution < 1.29 is 33.3 Å². The van der Waals surface area contributed by atoms with Crippen molar-refractivity contribution in [3.63, 3.8) is 0 Å². The van der Waals surface area contributed by atoms with Gasteiger partial charge < -0.3 is 18.9 Å². The summed E-state index contributed by atoms with van der Waals surface area (Å²) >= 11 is 0. The molecule has 0 radical (unpaired) electrons. The molecule has 0 fully saturated rings. The summed E-state index contributed by atoms with van der Waals surface area (Å²) in [4.78, 5) is 36.2. The molecule has 0 saturated carbocycles. The van der Waals surface area contributed by atoms with Gasteiger partial charge in [0.1, 0.15) is 17.9 Å². The monoisotopic (exact) mass is 571 g/mol. The highest BCUT2D eigenvalue weighted by atomic mass is 16.5. The van der Waals surface area contributed by atoms with E-state index < -0.39 is 11.9 Å². The van der Waals surface area contributed by atoms with Gasteiger partial charge >= 0.3 is 17.9 Å². The minimum atomic E-state index is -0.535. The number of carbonyl (C=O) groups is 3. The Morgan fingerprint density at radius 1 is 0.738 bits per heavy atom. The lowest BCUT2D eigenvalue weighted by atomic mass is 10.0. The van der Waals surface area contributed by atoms with Crippen LogP contribution in [0, 0.1) is 11.3 Å². The molecular formula is C34H37NO7. The van der Waals surface area contributed by atoms with Gasteiger partial charge in [-0.25, -0.2) is 9.59 Å². The van der Waals surface area contributed by atoms with Gasteiger partial charge in [-0.05, 0) is 79.4 Å². The Kier molecular flexibility index (Phi) is 13.1. The zero-order valence-corrected chi connectivity index (χ0v) is 24.2. The summed E-state index contributed by atoms with van der Waals surface area (Å²) < 4.78 is 21.6. The maximum absolute atomic E-state index is 12.7. The minimum Gasteiger partial charge on any atom is -0.493 e. The van der Waals surface area contributed by atoms with Crippen LogP contribution in [0.25, 0.3) is 11.1 Å². The quantitative estimate of drug-likeness (QED) is 0.0999. The standard InChI is InChI=1S/C34H37NO7/c1-3-4-5-6-8-25(2)41-33(37)29-15-19-31(20-16-29)42-34(38)28-11-9-26(10-12-28)27-13-17-30(18-14-27)39-23-7-24-40-32(36)21-22-35/h9-20,25H,3-8,21,23-24H2,1-2H3. The molecule has 0 bridgehead atoms. The SMILES string of the molecule is CCCCCCC(C)OC(=O)c1ccc(OC(=O)c2ccc(-c3ccc(OCCCOC(=O)CC#N)cc3)cc2)cc1. The number of ether oxygens (including phenoxy) is 4. The van der Waals surface area contributed by atoms with Crippen molar-refractivity contribution in [2.45, 2.75) is 64.9 Å². The predicted molar refractivity (Wildman–Crippen MR) is 158 cm³/mol. The average Bonchev–Trinajstić information content (AvgIpc) is 3.00. The Balaban J connectivity index is 1.45. The number of unbranched alkanes of at least 4 members (excludes halogenated alkanes) is 3. The molecule has 1 atom stereocenters. The molecule has 0 N–H and O–H groups in total. The van der Waals surface area contributed by atoms with E-state index in [1.54, 1.807) is 42.5 Å². The number of carbonyl (C=O) groups excluding carboxylic acids is 3. The molecule has 3 rings (SSSR count). The highest BCUT2D eigenvalue weighted by Crippen LogP contribution is 2.24. The summed E-state index contributed by atoms with van der Waals surface area (Å²) in [7, 11) is 0. The Labute approximate surface area is 247 Å². The van der Waals surface area contributed by atoms with Gasteiger partial charge in [0, 0.05) is 6.42 Å². The number of rotatable bonds is 16. The van der Waals surface area contributed by atoms with E-state index in [1.807, 2.05) is 43.3 Å². The number of hydrogen-bond acceptors (Lipinski definition) is 8. The molecule has 0 aliphatic carbocycles. The molecule has 1 unspecified atom stereocenters. The molecule has 8 heteroatoms. The van der Waals surface area contributed by atoms with Crippen LogP contribution < -0.4 is 9.47 Å². The fourth-order valence-corrected chi connectivity index (χ4v) is 4.09. The van der Waals surface area contributed by atoms with Crippen molar-refractivity contribution in [1.29, 1.82) is 5.26 Å². The smallest absolute Gasteiger partial charge is 0.343 e. The van der Waals surface area contributed by atoms with Gasteiger partial charge in [-0.15, -0.1) is 0 Å². The molecule has 220 valence electrons. The Morgan fingerprint density at radius 2 is 1.33 bits per heavy atom. The normalized spacial score (nSPS) is 11.2. The average molecular weight is 572 g/mol. The summed E-state index contributed by atoms with van der Waals surface area (Å²) in [5.74, 6) is -0.407. The maximum atomic E-state index is 12.7. The van der Waals surface area contributed by atoms with Gasteiger partial charge in [-0.2, -0.15) is 5.26 Å². The first-order valence-electron chi connectivity index (χ1n) is 14.3. The topological polar surface area (TPSA) is 112 Å². The number of hydrogen-bond donors (Lipinski definition) is 0. The van der Waals surface area contributed by atoms with E-state index in [0.29, 0.717) is 35.7 Å². The first kappa shape index (κ1) is 31.9. The second-order valence-electron chi connectivity index (χ2n) is 9.84. The summed E-state index contributed by atoms with van der Waals surface area (Å²) in [6, 6.07) is 22.7. The Bertz CT molecular complexity index is 1330. The van der Waals surface area contributed by atoms with Crippen LogP contribution in [0.15, 0.2) is 72.8 Å². The van der Waals surface area contributed by atoms with Crippen LogP contribution in [-0.4, -0.2) is 37.2 Å². The Hall–Kier alpha value is -4.64. The molecule has 0 spiro atoms. The second kappa shape index (κ2) is 17.2. The summed E-state index contributed by atoms with van der Waals surface area (Å²) in [6.07, 6.45) is 5.49. The molecule has 0 saturated heterocycles. The maximum Gasteiger partial charge on any atom is 0.343 e. The van der Waals surface area contributed by atoms with E-state index in [9.17, 15) is 14.4 Å². The summed E-state index contributed by atoms with van der Waals surface area (Å²) in [5, 5.41) is 8.44. The minimum absolute atomic E-state index is 0.146. The third-order valence-electron chi connectivity index (χ3n) is 6.43. The first-order valence-corrected chi connectivity index (χ1v) is 14.3. The molecule has 0 aliphatic rings. The fraction of sp³-hybridized carbons (Fsp3) is 0.353. The van der Waals surface area contributed by atoms with Crippen LogP contribution in [0.2, 0.25) is 0 Å². The molecule has 42 heavy (non-hydrogen) atoms. The van der Waals surface area contributed by atoms with Crippen LogP contribution in [0.4, 0.5) is 0 Å². The highest BCUT2D eigenvalue weighted by molar-refractivity contribution is 5.92. The number of esters is 3. The first-order chi connectivity index (χ1) is 20.4. The van der Waals surface area contributed by atoms with E-state index in [1.165, 1.54) is 12.8 Å². The van der Waals surface area contributed by atoms with Crippen LogP contribution in [-0.2, 0) is 14.3 Å². The number of benzene rings is 3. The zero-order chi connectivity index (χ0) is 30.2. The second-order valence-corrected chi connectivity index (χ2v) is 9.84. The summed E-state index contributed by atoms with van der Waals surface area (Å²) in [6.45, 7) is 4.64. The van der Waals surface area contributed by atoms with Gasteiger partial charge in [0.05, 0.1) is 36.5 Å². The molecule has 3 aromatic rings. The Morgan fingerprint density at radius 3 is 1.98 bits per heavy atom. The largest absolute Gasteiger partial charge is 0.493 e. The molecule has 3 aromatic carbocycles. The van der Waals surface area contributed by atoms with Crippen LogP contribution >= 0.6 is 0 Å². The lowest BCUT2D eigenvalue weighted by Gasteiger charge is -2.13. The van der Waals surface area contributed by atoms with E-state index in [0.717, 1.165) is 30.4 Å². The van der Waals surface area contributed by atoms with Crippen molar-refractivity contribution in [3.8, 4) is 28.7 Å². The van der Waals surface area contributed by atoms with Crippen LogP contribution in [0.1, 0.15) is 79.5 Å². The molecule has 0 aliphatic heterocycles. The summed E-state index contributed by atoms with van der Waals surface area (Å²) in [5.41, 5.74) is 2.68. The zero-order valence-electron chi connectivity index (χ0n) is 24.2. The highest BCUT2D eigenvalue weighted by Gasteiger charge is 2.14. The van der Waals surface area contributed by atoms with Gasteiger partial charge in [0.15, 0.2) is 0 Å². The van der Waals surface area contributed by atoms with Crippen LogP contribution in [0.3, 0.4) is 0 Å². The molecule has 0 amide bonds. The third-order valence-corrected chi connectivity index (χ3v) is 6.43. The third kappa shape index (κ3) is 10.7. The number of nitriles is 1. The molecular weight excluding hydrogens is 534 g/mol.